The maximum Gasteiger partial charge on any atom is 0.0414 e. The zero-order chi connectivity index (χ0) is 9.97. The van der Waals surface area contributed by atoms with Crippen molar-refractivity contribution in [3.05, 3.63) is 29.8 Å². The van der Waals surface area contributed by atoms with Gasteiger partial charge in [0.1, 0.15) is 0 Å². The standard InChI is InChI=1S/C11H16N2O/c1-10-4-2-3-5-11(10)12-6-8-13(14)9-7-12/h2-5,14H,6-9H2,1H3. The van der Waals surface area contributed by atoms with Gasteiger partial charge in [-0.15, -0.1) is 0 Å². The molecule has 1 aliphatic rings. The maximum absolute atomic E-state index is 9.25. The third kappa shape index (κ3) is 1.89. The van der Waals surface area contributed by atoms with E-state index in [1.165, 1.54) is 16.3 Å². The van der Waals surface area contributed by atoms with Crippen molar-refractivity contribution in [1.82, 2.24) is 5.06 Å². The Morgan fingerprint density at radius 1 is 1.07 bits per heavy atom. The summed E-state index contributed by atoms with van der Waals surface area (Å²) in [5, 5.41) is 10.6. The van der Waals surface area contributed by atoms with Crippen molar-refractivity contribution < 1.29 is 5.21 Å². The molecule has 1 aromatic carbocycles. The van der Waals surface area contributed by atoms with Crippen LogP contribution in [0.15, 0.2) is 24.3 Å². The highest BCUT2D eigenvalue weighted by molar-refractivity contribution is 5.53. The number of hydrogen-bond donors (Lipinski definition) is 1. The monoisotopic (exact) mass is 192 g/mol. The van der Waals surface area contributed by atoms with Crippen LogP contribution < -0.4 is 4.90 Å². The highest BCUT2D eigenvalue weighted by Crippen LogP contribution is 2.20. The Hall–Kier alpha value is -1.06. The normalized spacial score (nSPS) is 18.6. The second-order valence-electron chi connectivity index (χ2n) is 3.73. The van der Waals surface area contributed by atoms with Gasteiger partial charge >= 0.3 is 0 Å². The molecule has 3 nitrogen and oxygen atoms in total. The van der Waals surface area contributed by atoms with Gasteiger partial charge in [0.15, 0.2) is 0 Å². The number of rotatable bonds is 1. The van der Waals surface area contributed by atoms with Gasteiger partial charge in [-0.1, -0.05) is 18.2 Å². The van der Waals surface area contributed by atoms with Crippen molar-refractivity contribution in [2.75, 3.05) is 31.1 Å². The Morgan fingerprint density at radius 2 is 1.71 bits per heavy atom. The van der Waals surface area contributed by atoms with Crippen LogP contribution in [0.5, 0.6) is 0 Å². The molecule has 1 N–H and O–H groups in total. The van der Waals surface area contributed by atoms with Crippen molar-refractivity contribution in [2.24, 2.45) is 0 Å². The second kappa shape index (κ2) is 3.98. The van der Waals surface area contributed by atoms with Crippen molar-refractivity contribution in [1.29, 1.82) is 0 Å². The van der Waals surface area contributed by atoms with Gasteiger partial charge in [-0.25, -0.2) is 0 Å². The van der Waals surface area contributed by atoms with Gasteiger partial charge < -0.3 is 10.1 Å². The summed E-state index contributed by atoms with van der Waals surface area (Å²) in [6, 6.07) is 8.39. The lowest BCUT2D eigenvalue weighted by Gasteiger charge is -2.33. The van der Waals surface area contributed by atoms with E-state index >= 15 is 0 Å². The predicted molar refractivity (Wildman–Crippen MR) is 56.8 cm³/mol. The zero-order valence-electron chi connectivity index (χ0n) is 8.48. The molecular weight excluding hydrogens is 176 g/mol. The molecule has 1 aromatic rings. The predicted octanol–water partition coefficient (Wildman–Crippen LogP) is 1.51. The molecule has 0 radical (unpaired) electrons. The molecule has 0 unspecified atom stereocenters. The van der Waals surface area contributed by atoms with Crippen LogP contribution in [0.2, 0.25) is 0 Å². The molecule has 0 bridgehead atoms. The minimum Gasteiger partial charge on any atom is -0.369 e. The van der Waals surface area contributed by atoms with Gasteiger partial charge in [-0.3, -0.25) is 0 Å². The molecule has 3 heteroatoms. The lowest BCUT2D eigenvalue weighted by atomic mass is 10.1. The quantitative estimate of drug-likeness (QED) is 0.730. The van der Waals surface area contributed by atoms with Gasteiger partial charge in [0.2, 0.25) is 0 Å². The SMILES string of the molecule is Cc1ccccc1N1CCN(O)CC1. The summed E-state index contributed by atoms with van der Waals surface area (Å²) in [5.41, 5.74) is 2.60. The molecule has 0 spiro atoms. The Morgan fingerprint density at radius 3 is 2.36 bits per heavy atom. The smallest absolute Gasteiger partial charge is 0.0414 e. The molecule has 0 aromatic heterocycles. The first-order valence-electron chi connectivity index (χ1n) is 5.02. The van der Waals surface area contributed by atoms with Crippen LogP contribution in [0.3, 0.4) is 0 Å². The van der Waals surface area contributed by atoms with E-state index in [-0.39, 0.29) is 0 Å². The highest BCUT2D eigenvalue weighted by Gasteiger charge is 2.16. The lowest BCUT2D eigenvalue weighted by Crippen LogP contribution is -2.45. The number of aryl methyl sites for hydroxylation is 1. The molecule has 1 aliphatic heterocycles. The number of anilines is 1. The third-order valence-corrected chi connectivity index (χ3v) is 2.71. The summed E-state index contributed by atoms with van der Waals surface area (Å²) in [5.74, 6) is 0. The van der Waals surface area contributed by atoms with Crippen LogP contribution in [0.25, 0.3) is 0 Å². The van der Waals surface area contributed by atoms with Crippen LogP contribution >= 0.6 is 0 Å². The molecule has 1 fully saturated rings. The van der Waals surface area contributed by atoms with Gasteiger partial charge in [-0.05, 0) is 18.6 Å². The van der Waals surface area contributed by atoms with Crippen LogP contribution in [-0.2, 0) is 0 Å². The van der Waals surface area contributed by atoms with E-state index in [0.717, 1.165) is 26.2 Å². The first-order chi connectivity index (χ1) is 6.77. The Kier molecular flexibility index (Phi) is 2.70. The lowest BCUT2D eigenvalue weighted by molar-refractivity contribution is -0.0935. The summed E-state index contributed by atoms with van der Waals surface area (Å²) in [6.07, 6.45) is 0. The number of piperazine rings is 1. The van der Waals surface area contributed by atoms with Crippen molar-refractivity contribution in [3.8, 4) is 0 Å². The Bertz CT molecular complexity index is 306. The first-order valence-corrected chi connectivity index (χ1v) is 5.02. The number of benzene rings is 1. The maximum atomic E-state index is 9.25. The van der Waals surface area contributed by atoms with Gasteiger partial charge in [0.05, 0.1) is 0 Å². The molecule has 0 aliphatic carbocycles. The van der Waals surface area contributed by atoms with Gasteiger partial charge in [0.25, 0.3) is 0 Å². The average molecular weight is 192 g/mol. The fourth-order valence-corrected chi connectivity index (χ4v) is 1.86. The molecule has 1 saturated heterocycles. The third-order valence-electron chi connectivity index (χ3n) is 2.71. The van der Waals surface area contributed by atoms with E-state index in [1.807, 2.05) is 0 Å². The van der Waals surface area contributed by atoms with Crippen molar-refractivity contribution in [2.45, 2.75) is 6.92 Å². The molecule has 0 saturated carbocycles. The molecule has 14 heavy (non-hydrogen) atoms. The van der Waals surface area contributed by atoms with E-state index in [9.17, 15) is 5.21 Å². The molecule has 76 valence electrons. The van der Waals surface area contributed by atoms with Crippen LogP contribution in [0.1, 0.15) is 5.56 Å². The Balaban J connectivity index is 2.12. The summed E-state index contributed by atoms with van der Waals surface area (Å²) in [7, 11) is 0. The number of hydroxylamine groups is 2. The fourth-order valence-electron chi connectivity index (χ4n) is 1.86. The summed E-state index contributed by atoms with van der Waals surface area (Å²) in [4.78, 5) is 2.32. The van der Waals surface area contributed by atoms with E-state index in [4.69, 9.17) is 0 Å². The molecule has 0 amide bonds. The van der Waals surface area contributed by atoms with Crippen LogP contribution in [-0.4, -0.2) is 36.4 Å². The second-order valence-corrected chi connectivity index (χ2v) is 3.73. The van der Waals surface area contributed by atoms with Crippen molar-refractivity contribution >= 4 is 5.69 Å². The largest absolute Gasteiger partial charge is 0.369 e. The molecule has 2 rings (SSSR count). The minimum absolute atomic E-state index is 0.730. The van der Waals surface area contributed by atoms with Crippen LogP contribution in [0.4, 0.5) is 5.69 Å². The van der Waals surface area contributed by atoms with E-state index in [2.05, 4.69) is 36.1 Å². The van der Waals surface area contributed by atoms with Crippen molar-refractivity contribution in [3.63, 3.8) is 0 Å². The molecular formula is C11H16N2O. The molecule has 0 atom stereocenters. The fraction of sp³-hybridized carbons (Fsp3) is 0.455. The number of nitrogens with zero attached hydrogens (tertiary/aromatic N) is 2. The van der Waals surface area contributed by atoms with E-state index in [0.29, 0.717) is 0 Å². The van der Waals surface area contributed by atoms with E-state index in [1.54, 1.807) is 0 Å². The van der Waals surface area contributed by atoms with Crippen LogP contribution in [0, 0.1) is 6.92 Å². The zero-order valence-corrected chi connectivity index (χ0v) is 8.48. The highest BCUT2D eigenvalue weighted by atomic mass is 16.5. The minimum atomic E-state index is 0.730. The van der Waals surface area contributed by atoms with E-state index < -0.39 is 0 Å². The summed E-state index contributed by atoms with van der Waals surface area (Å²) >= 11 is 0. The van der Waals surface area contributed by atoms with Gasteiger partial charge in [0, 0.05) is 31.9 Å². The molecule has 1 heterocycles. The summed E-state index contributed by atoms with van der Waals surface area (Å²) < 4.78 is 0. The first kappa shape index (κ1) is 9.49. The average Bonchev–Trinajstić information content (AvgIpc) is 2.20. The number of hydrogen-bond acceptors (Lipinski definition) is 3. The number of para-hydroxylation sites is 1. The summed E-state index contributed by atoms with van der Waals surface area (Å²) in [6.45, 7) is 5.39. The Labute approximate surface area is 84.5 Å². The topological polar surface area (TPSA) is 26.7 Å². The van der Waals surface area contributed by atoms with Gasteiger partial charge in [-0.2, -0.15) is 5.06 Å².